The number of likely N-dealkylation sites (tertiary alicyclic amines) is 1. The molecule has 1 aliphatic rings. The van der Waals surface area contributed by atoms with Crippen LogP contribution in [0.5, 0.6) is 0 Å². The molecule has 0 aromatic heterocycles. The Bertz CT molecular complexity index is 310. The highest BCUT2D eigenvalue weighted by Crippen LogP contribution is 2.18. The maximum absolute atomic E-state index is 12.0. The summed E-state index contributed by atoms with van der Waals surface area (Å²) in [7, 11) is 1.77. The number of carbonyl (C=O) groups excluding carboxylic acids is 2. The van der Waals surface area contributed by atoms with Gasteiger partial charge in [0.2, 0.25) is 5.91 Å². The van der Waals surface area contributed by atoms with Crippen LogP contribution in [0.15, 0.2) is 0 Å². The summed E-state index contributed by atoms with van der Waals surface area (Å²) in [4.78, 5) is 27.4. The van der Waals surface area contributed by atoms with Gasteiger partial charge in [0.25, 0.3) is 0 Å². The first kappa shape index (κ1) is 15.9. The van der Waals surface area contributed by atoms with Gasteiger partial charge >= 0.3 is 5.97 Å². The van der Waals surface area contributed by atoms with Crippen molar-refractivity contribution < 1.29 is 14.3 Å². The molecule has 110 valence electrons. The number of carbonyl (C=O) groups is 2. The first-order chi connectivity index (χ1) is 9.10. The molecule has 0 bridgehead atoms. The molecule has 1 rings (SSSR count). The van der Waals surface area contributed by atoms with Crippen LogP contribution >= 0.6 is 0 Å². The van der Waals surface area contributed by atoms with Crippen LogP contribution in [-0.2, 0) is 14.3 Å². The standard InChI is InChI=1S/C13H25N3O3/c1-3-19-13(18)11-6-4-9-16(11)10-12(17)15(2)8-5-7-14/h11H,3-10,14H2,1-2H3. The normalized spacial score (nSPS) is 19.4. The Morgan fingerprint density at radius 1 is 1.47 bits per heavy atom. The van der Waals surface area contributed by atoms with Crippen LogP contribution in [0.3, 0.4) is 0 Å². The average molecular weight is 271 g/mol. The van der Waals surface area contributed by atoms with Gasteiger partial charge in [0.15, 0.2) is 0 Å². The molecule has 0 aliphatic carbocycles. The minimum absolute atomic E-state index is 0.0321. The number of nitrogens with zero attached hydrogens (tertiary/aromatic N) is 2. The number of rotatable bonds is 7. The minimum atomic E-state index is -0.258. The molecule has 19 heavy (non-hydrogen) atoms. The Morgan fingerprint density at radius 3 is 2.84 bits per heavy atom. The van der Waals surface area contributed by atoms with Crippen LogP contribution in [0.1, 0.15) is 26.2 Å². The van der Waals surface area contributed by atoms with Crippen LogP contribution in [0.4, 0.5) is 0 Å². The lowest BCUT2D eigenvalue weighted by Gasteiger charge is -2.25. The van der Waals surface area contributed by atoms with E-state index in [-0.39, 0.29) is 24.5 Å². The molecule has 1 saturated heterocycles. The van der Waals surface area contributed by atoms with Gasteiger partial charge in [-0.2, -0.15) is 0 Å². The van der Waals surface area contributed by atoms with Gasteiger partial charge in [0.1, 0.15) is 6.04 Å². The molecule has 1 amide bonds. The van der Waals surface area contributed by atoms with E-state index in [4.69, 9.17) is 10.5 Å². The summed E-state index contributed by atoms with van der Waals surface area (Å²) in [5.74, 6) is -0.179. The largest absolute Gasteiger partial charge is 0.465 e. The van der Waals surface area contributed by atoms with Crippen molar-refractivity contribution in [1.82, 2.24) is 9.80 Å². The lowest BCUT2D eigenvalue weighted by Crippen LogP contribution is -2.44. The highest BCUT2D eigenvalue weighted by molar-refractivity contribution is 5.80. The predicted octanol–water partition coefficient (Wildman–Crippen LogP) is -0.179. The Kier molecular flexibility index (Phi) is 6.80. The first-order valence-electron chi connectivity index (χ1n) is 6.94. The maximum Gasteiger partial charge on any atom is 0.323 e. The van der Waals surface area contributed by atoms with E-state index in [1.807, 2.05) is 4.90 Å². The number of nitrogens with two attached hydrogens (primary N) is 1. The average Bonchev–Trinajstić information content (AvgIpc) is 2.84. The fourth-order valence-electron chi connectivity index (χ4n) is 2.27. The third kappa shape index (κ3) is 4.80. The molecule has 1 fully saturated rings. The fraction of sp³-hybridized carbons (Fsp3) is 0.846. The van der Waals surface area contributed by atoms with Crippen molar-refractivity contribution in [1.29, 1.82) is 0 Å². The fourth-order valence-corrected chi connectivity index (χ4v) is 2.27. The summed E-state index contributed by atoms with van der Waals surface area (Å²) in [5.41, 5.74) is 5.43. The molecule has 0 aromatic carbocycles. The number of ether oxygens (including phenoxy) is 1. The van der Waals surface area contributed by atoms with Gasteiger partial charge in [-0.25, -0.2) is 0 Å². The molecule has 0 radical (unpaired) electrons. The zero-order valence-electron chi connectivity index (χ0n) is 11.9. The second kappa shape index (κ2) is 8.12. The highest BCUT2D eigenvalue weighted by atomic mass is 16.5. The quantitative estimate of drug-likeness (QED) is 0.650. The van der Waals surface area contributed by atoms with Crippen molar-refractivity contribution in [2.45, 2.75) is 32.2 Å². The molecule has 0 saturated carbocycles. The molecule has 0 spiro atoms. The molecule has 1 unspecified atom stereocenters. The number of esters is 1. The van der Waals surface area contributed by atoms with E-state index in [0.29, 0.717) is 19.7 Å². The summed E-state index contributed by atoms with van der Waals surface area (Å²) < 4.78 is 5.04. The molecule has 1 heterocycles. The van der Waals surface area contributed by atoms with E-state index < -0.39 is 0 Å². The van der Waals surface area contributed by atoms with E-state index in [1.54, 1.807) is 18.9 Å². The van der Waals surface area contributed by atoms with E-state index in [9.17, 15) is 9.59 Å². The minimum Gasteiger partial charge on any atom is -0.465 e. The third-order valence-electron chi connectivity index (χ3n) is 3.38. The second-order valence-corrected chi connectivity index (χ2v) is 4.84. The molecule has 2 N–H and O–H groups in total. The number of hydrogen-bond donors (Lipinski definition) is 1. The Balaban J connectivity index is 2.46. The maximum atomic E-state index is 12.0. The van der Waals surface area contributed by atoms with Crippen molar-refractivity contribution in [2.75, 3.05) is 39.8 Å². The van der Waals surface area contributed by atoms with E-state index in [1.165, 1.54) is 0 Å². The zero-order chi connectivity index (χ0) is 14.3. The lowest BCUT2D eigenvalue weighted by molar-refractivity contribution is -0.149. The molecule has 0 aromatic rings. The molecule has 6 heteroatoms. The number of likely N-dealkylation sites (N-methyl/N-ethyl adjacent to an activating group) is 1. The Morgan fingerprint density at radius 2 is 2.21 bits per heavy atom. The number of hydrogen-bond acceptors (Lipinski definition) is 5. The van der Waals surface area contributed by atoms with E-state index >= 15 is 0 Å². The van der Waals surface area contributed by atoms with Crippen LogP contribution in [0.25, 0.3) is 0 Å². The predicted molar refractivity (Wildman–Crippen MR) is 72.5 cm³/mol. The summed E-state index contributed by atoms with van der Waals surface area (Å²) in [6.07, 6.45) is 2.51. The van der Waals surface area contributed by atoms with Crippen molar-refractivity contribution in [2.24, 2.45) is 5.73 Å². The molecule has 6 nitrogen and oxygen atoms in total. The van der Waals surface area contributed by atoms with Gasteiger partial charge in [-0.3, -0.25) is 14.5 Å². The van der Waals surface area contributed by atoms with Gasteiger partial charge < -0.3 is 15.4 Å². The zero-order valence-corrected chi connectivity index (χ0v) is 11.9. The monoisotopic (exact) mass is 271 g/mol. The van der Waals surface area contributed by atoms with Crippen molar-refractivity contribution in [3.8, 4) is 0 Å². The molecule has 1 aliphatic heterocycles. The molecular formula is C13H25N3O3. The van der Waals surface area contributed by atoms with Crippen molar-refractivity contribution in [3.63, 3.8) is 0 Å². The van der Waals surface area contributed by atoms with Crippen LogP contribution < -0.4 is 5.73 Å². The summed E-state index contributed by atoms with van der Waals surface area (Å²) in [6.45, 7) is 4.47. The van der Waals surface area contributed by atoms with Crippen molar-refractivity contribution >= 4 is 11.9 Å². The van der Waals surface area contributed by atoms with Gasteiger partial charge in [-0.05, 0) is 39.3 Å². The van der Waals surface area contributed by atoms with E-state index in [0.717, 1.165) is 25.8 Å². The van der Waals surface area contributed by atoms with Crippen molar-refractivity contribution in [3.05, 3.63) is 0 Å². The van der Waals surface area contributed by atoms with E-state index in [2.05, 4.69) is 0 Å². The summed E-state index contributed by atoms with van der Waals surface area (Å²) in [6, 6.07) is -0.258. The van der Waals surface area contributed by atoms with Gasteiger partial charge in [-0.1, -0.05) is 0 Å². The smallest absolute Gasteiger partial charge is 0.323 e. The van der Waals surface area contributed by atoms with Crippen LogP contribution in [0.2, 0.25) is 0 Å². The molecule has 1 atom stereocenters. The highest BCUT2D eigenvalue weighted by Gasteiger charge is 2.33. The summed E-state index contributed by atoms with van der Waals surface area (Å²) in [5, 5.41) is 0. The van der Waals surface area contributed by atoms with Gasteiger partial charge in [0.05, 0.1) is 13.2 Å². The topological polar surface area (TPSA) is 75.9 Å². The van der Waals surface area contributed by atoms with Gasteiger partial charge in [-0.15, -0.1) is 0 Å². The summed E-state index contributed by atoms with van der Waals surface area (Å²) >= 11 is 0. The van der Waals surface area contributed by atoms with Gasteiger partial charge in [0, 0.05) is 13.6 Å². The second-order valence-electron chi connectivity index (χ2n) is 4.84. The Hall–Kier alpha value is -1.14. The van der Waals surface area contributed by atoms with Crippen LogP contribution in [-0.4, -0.2) is 67.6 Å². The molecular weight excluding hydrogens is 246 g/mol. The van der Waals surface area contributed by atoms with Crippen LogP contribution in [0, 0.1) is 0 Å². The third-order valence-corrected chi connectivity index (χ3v) is 3.38. The Labute approximate surface area is 114 Å². The first-order valence-corrected chi connectivity index (χ1v) is 6.94. The number of amides is 1. The SMILES string of the molecule is CCOC(=O)C1CCCN1CC(=O)N(C)CCCN. The lowest BCUT2D eigenvalue weighted by atomic mass is 10.2.